The number of methoxy groups -OCH3 is 2. The Hall–Kier alpha value is -3.38. The van der Waals surface area contributed by atoms with Crippen molar-refractivity contribution in [2.24, 2.45) is 0 Å². The second-order valence-corrected chi connectivity index (χ2v) is 8.86. The second kappa shape index (κ2) is 10.7. The summed E-state index contributed by atoms with van der Waals surface area (Å²) < 4.78 is 22.3. The minimum absolute atomic E-state index is 0.252. The predicted octanol–water partition coefficient (Wildman–Crippen LogP) is 4.79. The highest BCUT2D eigenvalue weighted by atomic mass is 79.9. The zero-order valence-corrected chi connectivity index (χ0v) is 21.1. The van der Waals surface area contributed by atoms with Crippen LogP contribution in [0.4, 0.5) is 5.82 Å². The van der Waals surface area contributed by atoms with E-state index in [9.17, 15) is 5.11 Å². The van der Waals surface area contributed by atoms with Crippen LogP contribution in [-0.2, 0) is 6.42 Å². The summed E-state index contributed by atoms with van der Waals surface area (Å²) in [6.45, 7) is 2.95. The van der Waals surface area contributed by atoms with Crippen LogP contribution in [0.3, 0.4) is 0 Å². The van der Waals surface area contributed by atoms with Gasteiger partial charge in [0.05, 0.1) is 31.4 Å². The fourth-order valence-electron chi connectivity index (χ4n) is 3.33. The molecule has 0 saturated carbocycles. The Morgan fingerprint density at radius 2 is 1.85 bits per heavy atom. The third kappa shape index (κ3) is 5.23. The van der Waals surface area contributed by atoms with Gasteiger partial charge in [0.25, 0.3) is 0 Å². The van der Waals surface area contributed by atoms with Gasteiger partial charge in [-0.25, -0.2) is 9.97 Å². The summed E-state index contributed by atoms with van der Waals surface area (Å²) in [4.78, 5) is 14.1. The molecule has 0 unspecified atom stereocenters. The molecule has 2 N–H and O–H groups in total. The molecule has 0 bridgehead atoms. The first kappa shape index (κ1) is 23.8. The first-order valence-corrected chi connectivity index (χ1v) is 11.9. The van der Waals surface area contributed by atoms with Crippen molar-refractivity contribution in [2.75, 3.05) is 32.7 Å². The average Bonchev–Trinajstić information content (AvgIpc) is 3.46. The molecule has 0 aliphatic rings. The van der Waals surface area contributed by atoms with Crippen molar-refractivity contribution in [3.8, 4) is 44.6 Å². The van der Waals surface area contributed by atoms with Crippen molar-refractivity contribution in [3.05, 3.63) is 40.6 Å². The smallest absolute Gasteiger partial charge is 0.415 e. The number of nitrogens with zero attached hydrogens (tertiary/aromatic N) is 4. The number of nitrogens with one attached hydrogen (secondary N) is 1. The zero-order valence-electron chi connectivity index (χ0n) is 18.7. The highest BCUT2D eigenvalue weighted by Crippen LogP contribution is 2.42. The molecular weight excluding hydrogens is 526 g/mol. The molecule has 3 aromatic heterocycles. The molecule has 3 heterocycles. The first-order valence-electron chi connectivity index (χ1n) is 10.3. The first-order chi connectivity index (χ1) is 16.5. The highest BCUT2D eigenvalue weighted by molar-refractivity contribution is 9.10. The van der Waals surface area contributed by atoms with Crippen molar-refractivity contribution in [3.63, 3.8) is 0 Å². The van der Waals surface area contributed by atoms with E-state index in [2.05, 4.69) is 41.4 Å². The molecular formula is C22H22BrN5O5S. The van der Waals surface area contributed by atoms with E-state index in [1.165, 1.54) is 17.7 Å². The Labute approximate surface area is 208 Å². The number of rotatable bonds is 10. The minimum atomic E-state index is -0.500. The fourth-order valence-corrected chi connectivity index (χ4v) is 4.74. The van der Waals surface area contributed by atoms with Crippen LogP contribution in [-0.4, -0.2) is 52.6 Å². The van der Waals surface area contributed by atoms with Gasteiger partial charge >= 0.3 is 6.08 Å². The van der Waals surface area contributed by atoms with E-state index in [1.807, 2.05) is 31.2 Å². The number of benzene rings is 1. The van der Waals surface area contributed by atoms with E-state index in [0.29, 0.717) is 41.7 Å². The van der Waals surface area contributed by atoms with Gasteiger partial charge in [-0.3, -0.25) is 4.52 Å². The zero-order chi connectivity index (χ0) is 24.1. The summed E-state index contributed by atoms with van der Waals surface area (Å²) in [6, 6.07) is 7.54. The lowest BCUT2D eigenvalue weighted by Crippen LogP contribution is -2.08. The number of anilines is 1. The number of aromatic nitrogens is 4. The van der Waals surface area contributed by atoms with Crippen LogP contribution >= 0.6 is 27.3 Å². The lowest BCUT2D eigenvalue weighted by Gasteiger charge is -2.14. The van der Waals surface area contributed by atoms with E-state index >= 15 is 0 Å². The largest absolute Gasteiger partial charge is 0.496 e. The summed E-state index contributed by atoms with van der Waals surface area (Å²) in [7, 11) is 3.27. The molecule has 12 heteroatoms. The van der Waals surface area contributed by atoms with Gasteiger partial charge in [0.2, 0.25) is 5.82 Å². The fraction of sp³-hybridized carbons (Fsp3) is 0.273. The van der Waals surface area contributed by atoms with Crippen molar-refractivity contribution < 1.29 is 23.8 Å². The molecule has 0 spiro atoms. The Morgan fingerprint density at radius 3 is 2.50 bits per heavy atom. The molecule has 0 atom stereocenters. The van der Waals surface area contributed by atoms with Crippen LogP contribution in [0, 0.1) is 0 Å². The topological polar surface area (TPSA) is 125 Å². The van der Waals surface area contributed by atoms with E-state index in [1.54, 1.807) is 14.2 Å². The molecule has 1 aromatic carbocycles. The monoisotopic (exact) mass is 547 g/mol. The SMILES string of the molecule is CCOc1cc(-c2cc(NCCc3c(OC)cc(Br)cc3OC)ncn2)sc1-c1noc(O)n1. The summed E-state index contributed by atoms with van der Waals surface area (Å²) in [5.74, 6) is 3.01. The maximum absolute atomic E-state index is 9.42. The normalized spacial score (nSPS) is 10.8. The Bertz CT molecular complexity index is 1250. The molecule has 0 fully saturated rings. The molecule has 0 aliphatic heterocycles. The Kier molecular flexibility index (Phi) is 7.48. The van der Waals surface area contributed by atoms with Gasteiger partial charge in [-0.1, -0.05) is 21.1 Å². The maximum atomic E-state index is 9.42. The minimum Gasteiger partial charge on any atom is -0.496 e. The van der Waals surface area contributed by atoms with Gasteiger partial charge in [0.15, 0.2) is 0 Å². The molecule has 0 radical (unpaired) electrons. The number of ether oxygens (including phenoxy) is 3. The Morgan fingerprint density at radius 1 is 1.09 bits per heavy atom. The summed E-state index contributed by atoms with van der Waals surface area (Å²) >= 11 is 4.85. The van der Waals surface area contributed by atoms with E-state index in [0.717, 1.165) is 26.4 Å². The van der Waals surface area contributed by atoms with Gasteiger partial charge in [-0.15, -0.1) is 11.3 Å². The average molecular weight is 548 g/mol. The van der Waals surface area contributed by atoms with Crippen LogP contribution in [0.15, 0.2) is 39.6 Å². The van der Waals surface area contributed by atoms with Crippen LogP contribution < -0.4 is 19.5 Å². The van der Waals surface area contributed by atoms with E-state index in [4.69, 9.17) is 18.7 Å². The van der Waals surface area contributed by atoms with Crippen LogP contribution in [0.25, 0.3) is 21.3 Å². The van der Waals surface area contributed by atoms with Gasteiger partial charge in [-0.2, -0.15) is 4.98 Å². The quantitative estimate of drug-likeness (QED) is 0.286. The highest BCUT2D eigenvalue weighted by Gasteiger charge is 2.19. The maximum Gasteiger partial charge on any atom is 0.415 e. The lowest BCUT2D eigenvalue weighted by atomic mass is 10.1. The number of halogens is 1. The molecule has 10 nitrogen and oxygen atoms in total. The van der Waals surface area contributed by atoms with Gasteiger partial charge in [0.1, 0.15) is 34.3 Å². The van der Waals surface area contributed by atoms with Gasteiger partial charge < -0.3 is 24.6 Å². The van der Waals surface area contributed by atoms with Gasteiger partial charge in [0, 0.05) is 28.7 Å². The molecule has 4 aromatic rings. The molecule has 0 saturated heterocycles. The molecule has 0 aliphatic carbocycles. The molecule has 4 rings (SSSR count). The van der Waals surface area contributed by atoms with Crippen molar-refractivity contribution in [1.82, 2.24) is 20.1 Å². The van der Waals surface area contributed by atoms with Crippen molar-refractivity contribution in [2.45, 2.75) is 13.3 Å². The van der Waals surface area contributed by atoms with Crippen LogP contribution in [0.2, 0.25) is 0 Å². The predicted molar refractivity (Wildman–Crippen MR) is 131 cm³/mol. The number of aromatic hydroxyl groups is 1. The second-order valence-electron chi connectivity index (χ2n) is 6.89. The number of hydrogen-bond donors (Lipinski definition) is 2. The third-order valence-electron chi connectivity index (χ3n) is 4.79. The standard InChI is InChI=1S/C22H22BrN5O5S/c1-4-32-17-10-18(34-20(17)21-27-22(29)33-28-21)14-9-19(26-11-25-14)24-6-5-13-15(30-2)7-12(23)8-16(13)31-3/h7-11H,4-6H2,1-3H3,(H,24,25,26)(H,27,28,29). The van der Waals surface area contributed by atoms with Crippen molar-refractivity contribution >= 4 is 33.1 Å². The van der Waals surface area contributed by atoms with E-state index < -0.39 is 6.08 Å². The number of thiophene rings is 1. The van der Waals surface area contributed by atoms with Crippen LogP contribution in [0.5, 0.6) is 23.3 Å². The van der Waals surface area contributed by atoms with Crippen molar-refractivity contribution in [1.29, 1.82) is 0 Å². The summed E-state index contributed by atoms with van der Waals surface area (Å²) in [5, 5.41) is 16.5. The van der Waals surface area contributed by atoms with E-state index in [-0.39, 0.29) is 5.82 Å². The summed E-state index contributed by atoms with van der Waals surface area (Å²) in [6.07, 6.45) is 1.66. The molecule has 0 amide bonds. The summed E-state index contributed by atoms with van der Waals surface area (Å²) in [5.41, 5.74) is 1.67. The van der Waals surface area contributed by atoms with Crippen LogP contribution in [0.1, 0.15) is 12.5 Å². The number of hydrogen-bond acceptors (Lipinski definition) is 11. The Balaban J connectivity index is 1.52. The third-order valence-corrected chi connectivity index (χ3v) is 6.38. The lowest BCUT2D eigenvalue weighted by molar-refractivity contribution is 0.267. The van der Waals surface area contributed by atoms with Gasteiger partial charge in [-0.05, 0) is 25.5 Å². The molecule has 34 heavy (non-hydrogen) atoms. The molecule has 178 valence electrons.